The first-order valence-electron chi connectivity index (χ1n) is 3.37. The van der Waals surface area contributed by atoms with Gasteiger partial charge in [-0.05, 0) is 21.2 Å². The van der Waals surface area contributed by atoms with Crippen molar-refractivity contribution in [3.8, 4) is 5.75 Å². The lowest BCUT2D eigenvalue weighted by Crippen LogP contribution is -1.97. The van der Waals surface area contributed by atoms with Gasteiger partial charge in [0.1, 0.15) is 0 Å². The van der Waals surface area contributed by atoms with Gasteiger partial charge in [-0.15, -0.1) is 0 Å². The van der Waals surface area contributed by atoms with Crippen molar-refractivity contribution in [3.05, 3.63) is 29.8 Å². The Labute approximate surface area is 80.8 Å². The van der Waals surface area contributed by atoms with Crippen molar-refractivity contribution in [1.82, 2.24) is 0 Å². The molecule has 0 N–H and O–H groups in total. The molecule has 0 amide bonds. The van der Waals surface area contributed by atoms with Crippen LogP contribution in [-0.4, -0.2) is 0 Å². The molecule has 15 heavy (non-hydrogen) atoms. The van der Waals surface area contributed by atoms with Crippen molar-refractivity contribution in [2.75, 3.05) is 0 Å². The van der Waals surface area contributed by atoms with Crippen molar-refractivity contribution < 1.29 is 36.4 Å². The highest BCUT2D eigenvalue weighted by Crippen LogP contribution is 2.50. The van der Waals surface area contributed by atoms with E-state index >= 15 is 0 Å². The van der Waals surface area contributed by atoms with Crippen molar-refractivity contribution in [1.29, 1.82) is 0 Å². The average Bonchev–Trinajstić information content (AvgIpc) is 2.25. The van der Waals surface area contributed by atoms with Gasteiger partial charge in [0.15, 0.2) is 11.6 Å². The fourth-order valence-electron chi connectivity index (χ4n) is 0.714. The van der Waals surface area contributed by atoms with E-state index in [2.05, 4.69) is 14.0 Å². The third kappa shape index (κ3) is 2.68. The molecule has 0 aliphatic carbocycles. The van der Waals surface area contributed by atoms with E-state index in [4.69, 9.17) is 0 Å². The third-order valence-corrected chi connectivity index (χ3v) is 2.05. The molecule has 0 bridgehead atoms. The monoisotopic (exact) mass is 246 g/mol. The molecule has 1 aromatic rings. The number of hydrogen-bond acceptors (Lipinski definition) is 4. The lowest BCUT2D eigenvalue weighted by atomic mass is 10.3. The fraction of sp³-hybridized carbons (Fsp3) is 0. The summed E-state index contributed by atoms with van der Waals surface area (Å²) in [4.78, 5) is 0. The number of hydrogen-bond donors (Lipinski definition) is 0. The summed E-state index contributed by atoms with van der Waals surface area (Å²) in [6, 6.07) is 2.47. The van der Waals surface area contributed by atoms with Crippen LogP contribution in [0, 0.1) is 11.6 Å². The second-order valence-electron chi connectivity index (χ2n) is 2.23. The molecule has 1 rings (SSSR count). The highest BCUT2D eigenvalue weighted by Gasteiger charge is 2.33. The van der Waals surface area contributed by atoms with E-state index in [9.17, 15) is 22.4 Å². The fourth-order valence-corrected chi connectivity index (χ4v) is 1.17. The van der Waals surface area contributed by atoms with Crippen LogP contribution in [0.5, 0.6) is 5.75 Å². The summed E-state index contributed by atoms with van der Waals surface area (Å²) in [7, 11) is -5.19. The number of halogens is 4. The quantitative estimate of drug-likeness (QED) is 0.604. The summed E-state index contributed by atoms with van der Waals surface area (Å²) >= 11 is 0. The molecule has 0 heterocycles. The smallest absolute Gasteiger partial charge is 0.398 e. The Morgan fingerprint density at radius 2 is 1.73 bits per heavy atom. The van der Waals surface area contributed by atoms with Crippen LogP contribution < -0.4 is 4.52 Å². The van der Waals surface area contributed by atoms with Gasteiger partial charge in [-0.1, -0.05) is 15.5 Å². The molecule has 4 nitrogen and oxygen atoms in total. The lowest BCUT2D eigenvalue weighted by Gasteiger charge is -2.09. The Balaban J connectivity index is 2.99. The summed E-state index contributed by atoms with van der Waals surface area (Å²) in [5.41, 5.74) is 0. The molecule has 0 spiro atoms. The molecular weight excluding hydrogens is 243 g/mol. The largest absolute Gasteiger partial charge is 0.593 e. The van der Waals surface area contributed by atoms with E-state index in [1.165, 1.54) is 0 Å². The van der Waals surface area contributed by atoms with Gasteiger partial charge >= 0.3 is 7.82 Å². The molecule has 0 aliphatic heterocycles. The molecule has 0 fully saturated rings. The van der Waals surface area contributed by atoms with Crippen LogP contribution in [0.3, 0.4) is 0 Å². The Kier molecular flexibility index (Phi) is 3.67. The van der Waals surface area contributed by atoms with Gasteiger partial charge in [-0.25, -0.2) is 8.96 Å². The predicted octanol–water partition coefficient (Wildman–Crippen LogP) is 3.25. The summed E-state index contributed by atoms with van der Waals surface area (Å²) in [6.07, 6.45) is 0. The van der Waals surface area contributed by atoms with Gasteiger partial charge in [0.2, 0.25) is 5.82 Å². The Hall–Kier alpha value is -1.11. The van der Waals surface area contributed by atoms with Crippen LogP contribution >= 0.6 is 7.82 Å². The topological polar surface area (TPSA) is 44.8 Å². The zero-order chi connectivity index (χ0) is 11.5. The average molecular weight is 246 g/mol. The minimum Gasteiger partial charge on any atom is -0.398 e. The van der Waals surface area contributed by atoms with Crippen LogP contribution in [0.25, 0.3) is 0 Å². The minimum atomic E-state index is -5.19. The zero-order valence-electron chi connectivity index (χ0n) is 6.82. The molecule has 0 aromatic heterocycles. The second-order valence-corrected chi connectivity index (χ2v) is 3.58. The van der Waals surface area contributed by atoms with E-state index in [0.29, 0.717) is 0 Å². The number of rotatable bonds is 4. The first kappa shape index (κ1) is 12.0. The molecule has 0 aliphatic rings. The van der Waals surface area contributed by atoms with Crippen molar-refractivity contribution >= 4 is 7.82 Å². The van der Waals surface area contributed by atoms with Gasteiger partial charge in [0.05, 0.1) is 0 Å². The first-order valence-corrected chi connectivity index (χ1v) is 4.83. The maximum absolute atomic E-state index is 12.8. The maximum Gasteiger partial charge on any atom is 0.593 e. The van der Waals surface area contributed by atoms with Crippen molar-refractivity contribution in [3.63, 3.8) is 0 Å². The van der Waals surface area contributed by atoms with Crippen LogP contribution in [0.1, 0.15) is 0 Å². The molecule has 0 saturated carbocycles. The van der Waals surface area contributed by atoms with E-state index in [1.54, 1.807) is 0 Å². The molecule has 0 unspecified atom stereocenters. The number of phosphoric acid groups is 1. The molecule has 0 radical (unpaired) electrons. The van der Waals surface area contributed by atoms with Gasteiger partial charge in [-0.3, -0.25) is 0 Å². The zero-order valence-corrected chi connectivity index (χ0v) is 7.72. The summed E-state index contributed by atoms with van der Waals surface area (Å²) in [5, 5.41) is 0. The molecular formula is C6H3F4O4P. The molecule has 84 valence electrons. The lowest BCUT2D eigenvalue weighted by molar-refractivity contribution is -0.107. The Morgan fingerprint density at radius 3 is 2.27 bits per heavy atom. The first-order chi connectivity index (χ1) is 7.02. The molecule has 0 atom stereocenters. The van der Waals surface area contributed by atoms with Crippen LogP contribution in [0.4, 0.5) is 17.8 Å². The Bertz CT molecular complexity index is 391. The summed E-state index contributed by atoms with van der Waals surface area (Å²) < 4.78 is 68.0. The number of benzene rings is 1. The normalized spacial score (nSPS) is 11.5. The van der Waals surface area contributed by atoms with Crippen molar-refractivity contribution in [2.24, 2.45) is 0 Å². The Morgan fingerprint density at radius 1 is 1.13 bits per heavy atom. The van der Waals surface area contributed by atoms with Crippen molar-refractivity contribution in [2.45, 2.75) is 0 Å². The second kappa shape index (κ2) is 4.61. The third-order valence-electron chi connectivity index (χ3n) is 1.30. The maximum atomic E-state index is 12.8. The highest BCUT2D eigenvalue weighted by atomic mass is 31.2. The van der Waals surface area contributed by atoms with E-state index in [1.807, 2.05) is 0 Å². The van der Waals surface area contributed by atoms with Crippen LogP contribution in [0.2, 0.25) is 0 Å². The van der Waals surface area contributed by atoms with E-state index < -0.39 is 25.2 Å². The SMILES string of the molecule is O=P(OF)(OF)Oc1cccc(F)c1F. The van der Waals surface area contributed by atoms with E-state index in [-0.39, 0.29) is 0 Å². The van der Waals surface area contributed by atoms with E-state index in [0.717, 1.165) is 18.2 Å². The summed E-state index contributed by atoms with van der Waals surface area (Å²) in [6.45, 7) is 0. The van der Waals surface area contributed by atoms with Crippen LogP contribution in [-0.2, 0) is 14.0 Å². The predicted molar refractivity (Wildman–Crippen MR) is 39.0 cm³/mol. The standard InChI is InChI=1S/C6H3F4O4P/c7-4-2-1-3-5(6(4)8)12-15(11,13-9)14-10/h1-3H. The highest BCUT2D eigenvalue weighted by molar-refractivity contribution is 7.48. The van der Waals surface area contributed by atoms with Gasteiger partial charge in [-0.2, -0.15) is 4.39 Å². The molecule has 1 aromatic carbocycles. The van der Waals surface area contributed by atoms with Gasteiger partial charge < -0.3 is 4.52 Å². The summed E-state index contributed by atoms with van der Waals surface area (Å²) in [5.74, 6) is -3.93. The van der Waals surface area contributed by atoms with Gasteiger partial charge in [0, 0.05) is 0 Å². The van der Waals surface area contributed by atoms with Gasteiger partial charge in [0.25, 0.3) is 0 Å². The molecule has 0 saturated heterocycles. The molecule has 9 heteroatoms. The van der Waals surface area contributed by atoms with Crippen LogP contribution in [0.15, 0.2) is 18.2 Å². The minimum absolute atomic E-state index is 0.722.